The SMILES string of the molecule is NCC(=O)N1N=Cc2ccc(Nc3ncc4cccc(OC5CCC(O)CC5)c4n3)cc2B1O. The fraction of sp³-hybridized carbons (Fsp3) is 0.304. The van der Waals surface area contributed by atoms with E-state index in [2.05, 4.69) is 20.4 Å². The van der Waals surface area contributed by atoms with Crippen molar-refractivity contribution in [1.82, 2.24) is 14.9 Å². The number of hydrogen-bond donors (Lipinski definition) is 4. The topological polar surface area (TPSA) is 146 Å². The fourth-order valence-corrected chi connectivity index (χ4v) is 4.26. The molecule has 1 aromatic heterocycles. The van der Waals surface area contributed by atoms with Crippen molar-refractivity contribution in [2.75, 3.05) is 11.9 Å². The molecule has 1 aliphatic heterocycles. The van der Waals surface area contributed by atoms with E-state index < -0.39 is 13.0 Å². The third kappa shape index (κ3) is 4.45. The van der Waals surface area contributed by atoms with E-state index in [1.165, 1.54) is 6.21 Å². The van der Waals surface area contributed by atoms with Gasteiger partial charge in [-0.3, -0.25) is 4.79 Å². The van der Waals surface area contributed by atoms with Gasteiger partial charge in [0.25, 0.3) is 0 Å². The van der Waals surface area contributed by atoms with E-state index in [1.54, 1.807) is 18.3 Å². The van der Waals surface area contributed by atoms with Gasteiger partial charge in [0.05, 0.1) is 25.0 Å². The summed E-state index contributed by atoms with van der Waals surface area (Å²) in [5, 5.41) is 28.4. The molecule has 5 N–H and O–H groups in total. The van der Waals surface area contributed by atoms with Crippen molar-refractivity contribution in [1.29, 1.82) is 0 Å². The minimum atomic E-state index is -1.23. The summed E-state index contributed by atoms with van der Waals surface area (Å²) < 4.78 is 6.23. The van der Waals surface area contributed by atoms with Crippen molar-refractivity contribution >= 4 is 47.2 Å². The maximum atomic E-state index is 11.9. The number of rotatable bonds is 5. The van der Waals surface area contributed by atoms with Gasteiger partial charge in [0.1, 0.15) is 11.3 Å². The number of aliphatic hydroxyl groups excluding tert-OH is 1. The van der Waals surface area contributed by atoms with Gasteiger partial charge in [0.15, 0.2) is 0 Å². The zero-order chi connectivity index (χ0) is 23.7. The lowest BCUT2D eigenvalue weighted by Gasteiger charge is -2.26. The standard InChI is InChI=1S/C23H25BN6O4/c25-11-21(32)30-24(33)19-10-16(5-4-14(19)13-27-30)28-23-26-12-15-2-1-3-20(22(15)29-23)34-18-8-6-17(31)7-9-18/h1-5,10,12-13,17-18,31,33H,6-9,11,25H2,(H,26,28,29). The molecule has 0 spiro atoms. The van der Waals surface area contributed by atoms with Crippen LogP contribution in [0.2, 0.25) is 0 Å². The summed E-state index contributed by atoms with van der Waals surface area (Å²) in [5.74, 6) is 0.569. The van der Waals surface area contributed by atoms with Gasteiger partial charge in [0.2, 0.25) is 11.9 Å². The van der Waals surface area contributed by atoms with Crippen LogP contribution in [0.25, 0.3) is 10.9 Å². The summed E-state index contributed by atoms with van der Waals surface area (Å²) >= 11 is 0. The van der Waals surface area contributed by atoms with Crippen molar-refractivity contribution in [3.63, 3.8) is 0 Å². The molecule has 1 aliphatic carbocycles. The minimum absolute atomic E-state index is 0.0448. The van der Waals surface area contributed by atoms with E-state index in [1.807, 2.05) is 24.3 Å². The Balaban J connectivity index is 1.39. The molecule has 0 unspecified atom stereocenters. The van der Waals surface area contributed by atoms with E-state index in [0.29, 0.717) is 33.9 Å². The van der Waals surface area contributed by atoms with Crippen LogP contribution in [-0.2, 0) is 4.79 Å². The second-order valence-electron chi connectivity index (χ2n) is 8.47. The maximum Gasteiger partial charge on any atom is 0.474 e. The minimum Gasteiger partial charge on any atom is -0.488 e. The van der Waals surface area contributed by atoms with Crippen LogP contribution in [0.3, 0.4) is 0 Å². The number of carbonyl (C=O) groups is 1. The number of amides is 1. The summed E-state index contributed by atoms with van der Waals surface area (Å²) in [6, 6.07) is 11.1. The quantitative estimate of drug-likeness (QED) is 0.411. The first-order valence-corrected chi connectivity index (χ1v) is 11.3. The number of para-hydroxylation sites is 1. The van der Waals surface area contributed by atoms with Crippen molar-refractivity contribution in [3.05, 3.63) is 48.2 Å². The van der Waals surface area contributed by atoms with E-state index in [-0.39, 0.29) is 18.8 Å². The summed E-state index contributed by atoms with van der Waals surface area (Å²) in [4.78, 5) is 22.0. The zero-order valence-corrected chi connectivity index (χ0v) is 18.5. The average molecular weight is 460 g/mol. The summed E-state index contributed by atoms with van der Waals surface area (Å²) in [5.41, 5.74) is 7.97. The molecule has 3 aromatic rings. The average Bonchev–Trinajstić information content (AvgIpc) is 2.86. The van der Waals surface area contributed by atoms with Gasteiger partial charge in [-0.05, 0) is 54.9 Å². The summed E-state index contributed by atoms with van der Waals surface area (Å²) in [6.45, 7) is -0.252. The number of nitrogens with zero attached hydrogens (tertiary/aromatic N) is 4. The predicted molar refractivity (Wildman–Crippen MR) is 129 cm³/mol. The molecule has 0 atom stereocenters. The van der Waals surface area contributed by atoms with Crippen LogP contribution in [0.15, 0.2) is 47.7 Å². The molecule has 0 radical (unpaired) electrons. The highest BCUT2D eigenvalue weighted by Crippen LogP contribution is 2.29. The first-order chi connectivity index (χ1) is 16.5. The van der Waals surface area contributed by atoms with Gasteiger partial charge in [-0.2, -0.15) is 5.10 Å². The lowest BCUT2D eigenvalue weighted by molar-refractivity contribution is -0.125. The van der Waals surface area contributed by atoms with Crippen LogP contribution in [-0.4, -0.2) is 62.9 Å². The number of aliphatic hydroxyl groups is 1. The molecular formula is C23H25BN6O4. The third-order valence-corrected chi connectivity index (χ3v) is 6.12. The highest BCUT2D eigenvalue weighted by Gasteiger charge is 2.33. The molecule has 5 rings (SSSR count). The Morgan fingerprint density at radius 1 is 1.24 bits per heavy atom. The van der Waals surface area contributed by atoms with Crippen LogP contribution >= 0.6 is 0 Å². The highest BCUT2D eigenvalue weighted by molar-refractivity contribution is 6.67. The van der Waals surface area contributed by atoms with Crippen LogP contribution in [0.5, 0.6) is 5.75 Å². The van der Waals surface area contributed by atoms with E-state index in [0.717, 1.165) is 36.0 Å². The number of nitrogens with two attached hydrogens (primary N) is 1. The predicted octanol–water partition coefficient (Wildman–Crippen LogP) is 0.878. The molecule has 2 heterocycles. The van der Waals surface area contributed by atoms with Gasteiger partial charge in [-0.1, -0.05) is 18.2 Å². The molecule has 174 valence electrons. The highest BCUT2D eigenvalue weighted by atomic mass is 16.5. The Bertz CT molecular complexity index is 1250. The Morgan fingerprint density at radius 2 is 2.06 bits per heavy atom. The first kappa shape index (κ1) is 22.3. The molecule has 0 saturated heterocycles. The van der Waals surface area contributed by atoms with Crippen molar-refractivity contribution in [3.8, 4) is 5.75 Å². The zero-order valence-electron chi connectivity index (χ0n) is 18.5. The molecule has 1 fully saturated rings. The van der Waals surface area contributed by atoms with Gasteiger partial charge >= 0.3 is 7.05 Å². The van der Waals surface area contributed by atoms with Gasteiger partial charge in [-0.25, -0.2) is 14.9 Å². The summed E-state index contributed by atoms with van der Waals surface area (Å²) in [6.07, 6.45) is 6.12. The van der Waals surface area contributed by atoms with E-state index in [4.69, 9.17) is 10.5 Å². The van der Waals surface area contributed by atoms with Crippen molar-refractivity contribution in [2.45, 2.75) is 37.9 Å². The largest absolute Gasteiger partial charge is 0.488 e. The summed E-state index contributed by atoms with van der Waals surface area (Å²) in [7, 11) is -1.23. The molecule has 1 saturated carbocycles. The maximum absolute atomic E-state index is 11.9. The van der Waals surface area contributed by atoms with E-state index in [9.17, 15) is 14.9 Å². The number of ether oxygens (including phenoxy) is 1. The molecule has 2 aromatic carbocycles. The Morgan fingerprint density at radius 3 is 2.85 bits per heavy atom. The number of nitrogens with one attached hydrogen (secondary N) is 1. The molecule has 2 aliphatic rings. The van der Waals surface area contributed by atoms with Gasteiger partial charge in [-0.15, -0.1) is 0 Å². The Labute approximate surface area is 196 Å². The third-order valence-electron chi connectivity index (χ3n) is 6.12. The molecule has 11 heteroatoms. The molecule has 1 amide bonds. The fourth-order valence-electron chi connectivity index (χ4n) is 4.26. The van der Waals surface area contributed by atoms with Gasteiger partial charge in [0, 0.05) is 17.3 Å². The normalized spacial score (nSPS) is 19.7. The van der Waals surface area contributed by atoms with Crippen LogP contribution in [0.4, 0.5) is 11.6 Å². The van der Waals surface area contributed by atoms with Crippen molar-refractivity contribution < 1.29 is 19.7 Å². The van der Waals surface area contributed by atoms with Crippen LogP contribution in [0.1, 0.15) is 31.2 Å². The Hall–Kier alpha value is -3.54. The molecule has 0 bridgehead atoms. The second kappa shape index (κ2) is 9.37. The van der Waals surface area contributed by atoms with Crippen LogP contribution in [0, 0.1) is 0 Å². The number of anilines is 2. The number of hydrazone groups is 1. The molecule has 10 nitrogen and oxygen atoms in total. The van der Waals surface area contributed by atoms with E-state index >= 15 is 0 Å². The van der Waals surface area contributed by atoms with Crippen molar-refractivity contribution in [2.24, 2.45) is 10.8 Å². The number of hydrogen-bond acceptors (Lipinski definition) is 9. The number of fused-ring (bicyclic) bond motifs is 2. The van der Waals surface area contributed by atoms with Gasteiger partial charge < -0.3 is 25.9 Å². The lowest BCUT2D eigenvalue weighted by atomic mass is 9.69. The van der Waals surface area contributed by atoms with Crippen LogP contribution < -0.4 is 21.3 Å². The number of benzene rings is 2. The molecular weight excluding hydrogens is 435 g/mol. The smallest absolute Gasteiger partial charge is 0.474 e. The molecule has 34 heavy (non-hydrogen) atoms. The first-order valence-electron chi connectivity index (χ1n) is 11.3. The monoisotopic (exact) mass is 460 g/mol. The lowest BCUT2D eigenvalue weighted by Crippen LogP contribution is -2.53. The number of carbonyl (C=O) groups excluding carboxylic acids is 1. The number of aromatic nitrogens is 2. The second-order valence-corrected chi connectivity index (χ2v) is 8.47. The Kier molecular flexibility index (Phi) is 6.14.